The van der Waals surface area contributed by atoms with Gasteiger partial charge in [-0.05, 0) is 0 Å². The lowest BCUT2D eigenvalue weighted by Crippen LogP contribution is -2.53. The van der Waals surface area contributed by atoms with Crippen LogP contribution in [0.3, 0.4) is 0 Å². The SMILES string of the molecule is O=C(O)NC(CSC1CC(=O)NC1=O)C(=O)NC(CSC1CC(=O)NC1=O)C(=O)O. The molecule has 0 bridgehead atoms. The quantitative estimate of drug-likeness (QED) is 0.187. The highest BCUT2D eigenvalue weighted by Crippen LogP contribution is 2.22. The van der Waals surface area contributed by atoms with E-state index in [4.69, 9.17) is 5.11 Å². The predicted molar refractivity (Wildman–Crippen MR) is 103 cm³/mol. The summed E-state index contributed by atoms with van der Waals surface area (Å²) in [7, 11) is 0. The van der Waals surface area contributed by atoms with Gasteiger partial charge in [0.05, 0.1) is 10.5 Å². The molecule has 13 nitrogen and oxygen atoms in total. The zero-order valence-corrected chi connectivity index (χ0v) is 16.8. The number of imide groups is 2. The Balaban J connectivity index is 1.94. The molecule has 15 heteroatoms. The third kappa shape index (κ3) is 6.62. The molecule has 0 spiro atoms. The van der Waals surface area contributed by atoms with Gasteiger partial charge in [0.15, 0.2) is 0 Å². The molecule has 4 atom stereocenters. The van der Waals surface area contributed by atoms with Crippen molar-refractivity contribution in [2.75, 3.05) is 11.5 Å². The second-order valence-corrected chi connectivity index (χ2v) is 8.75. The normalized spacial score (nSPS) is 22.8. The minimum absolute atomic E-state index is 0.105. The van der Waals surface area contributed by atoms with Crippen LogP contribution in [-0.4, -0.2) is 85.9 Å². The van der Waals surface area contributed by atoms with Crippen molar-refractivity contribution in [3.05, 3.63) is 0 Å². The van der Waals surface area contributed by atoms with Gasteiger partial charge in [0.25, 0.3) is 0 Å². The Morgan fingerprint density at radius 3 is 1.70 bits per heavy atom. The van der Waals surface area contributed by atoms with Gasteiger partial charge in [-0.3, -0.25) is 34.6 Å². The Kier molecular flexibility index (Phi) is 8.05. The van der Waals surface area contributed by atoms with Crippen LogP contribution in [-0.2, 0) is 28.8 Å². The topological polar surface area (TPSA) is 208 Å². The number of carbonyl (C=O) groups is 7. The van der Waals surface area contributed by atoms with Crippen LogP contribution >= 0.6 is 23.5 Å². The fraction of sp³-hybridized carbons (Fsp3) is 0.533. The first-order valence-corrected chi connectivity index (χ1v) is 10.6. The van der Waals surface area contributed by atoms with Crippen molar-refractivity contribution in [2.45, 2.75) is 35.4 Å². The van der Waals surface area contributed by atoms with E-state index in [9.17, 15) is 38.7 Å². The highest BCUT2D eigenvalue weighted by Gasteiger charge is 2.35. The van der Waals surface area contributed by atoms with E-state index in [1.54, 1.807) is 0 Å². The molecule has 2 heterocycles. The third-order valence-electron chi connectivity index (χ3n) is 4.01. The van der Waals surface area contributed by atoms with Crippen molar-refractivity contribution < 1.29 is 43.8 Å². The maximum atomic E-state index is 12.4. The van der Waals surface area contributed by atoms with E-state index in [0.717, 1.165) is 23.5 Å². The van der Waals surface area contributed by atoms with Crippen LogP contribution in [0.4, 0.5) is 4.79 Å². The number of amides is 6. The Hall–Kier alpha value is -2.81. The first kappa shape index (κ1) is 23.5. The molecule has 6 amide bonds. The Morgan fingerprint density at radius 1 is 0.867 bits per heavy atom. The van der Waals surface area contributed by atoms with Crippen molar-refractivity contribution in [3.8, 4) is 0 Å². The lowest BCUT2D eigenvalue weighted by atomic mass is 10.2. The monoisotopic (exact) mass is 462 g/mol. The summed E-state index contributed by atoms with van der Waals surface area (Å²) in [5.41, 5.74) is 0. The maximum Gasteiger partial charge on any atom is 0.405 e. The van der Waals surface area contributed by atoms with Crippen LogP contribution in [0.2, 0.25) is 0 Å². The summed E-state index contributed by atoms with van der Waals surface area (Å²) in [5.74, 6) is -4.89. The van der Waals surface area contributed by atoms with Crippen LogP contribution < -0.4 is 21.3 Å². The molecule has 4 unspecified atom stereocenters. The van der Waals surface area contributed by atoms with Crippen molar-refractivity contribution in [3.63, 3.8) is 0 Å². The molecule has 0 aromatic carbocycles. The van der Waals surface area contributed by atoms with Crippen LogP contribution in [0.1, 0.15) is 12.8 Å². The molecule has 2 rings (SSSR count). The first-order valence-electron chi connectivity index (χ1n) is 8.50. The number of carboxylic acid groups (broad SMARTS) is 2. The van der Waals surface area contributed by atoms with Crippen molar-refractivity contribution in [1.82, 2.24) is 21.3 Å². The fourth-order valence-corrected chi connectivity index (χ4v) is 4.80. The smallest absolute Gasteiger partial charge is 0.405 e. The van der Waals surface area contributed by atoms with E-state index in [1.165, 1.54) is 0 Å². The second kappa shape index (κ2) is 10.3. The molecule has 164 valence electrons. The molecule has 0 radical (unpaired) electrons. The predicted octanol–water partition coefficient (Wildman–Crippen LogP) is -2.51. The molecule has 2 saturated heterocycles. The van der Waals surface area contributed by atoms with E-state index in [1.807, 2.05) is 5.32 Å². The highest BCUT2D eigenvalue weighted by atomic mass is 32.2. The van der Waals surface area contributed by atoms with Gasteiger partial charge < -0.3 is 20.8 Å². The molecular weight excluding hydrogens is 444 g/mol. The molecule has 2 aliphatic heterocycles. The molecule has 0 saturated carbocycles. The Bertz CT molecular complexity index is 790. The standard InChI is InChI=1S/C15H18N4O9S2/c20-9-1-7(12(23)18-9)29-3-5(17-15(27)28)11(22)16-6(14(25)26)4-30-8-2-10(21)19-13(8)24/h5-8,17H,1-4H2,(H,16,22)(H,25,26)(H,27,28)(H,18,20,23)(H,19,21,24). The fourth-order valence-electron chi connectivity index (χ4n) is 2.53. The lowest BCUT2D eigenvalue weighted by Gasteiger charge is -2.21. The van der Waals surface area contributed by atoms with Gasteiger partial charge in [-0.2, -0.15) is 0 Å². The number of rotatable bonds is 10. The largest absolute Gasteiger partial charge is 0.480 e. The third-order valence-corrected chi connectivity index (χ3v) is 6.63. The summed E-state index contributed by atoms with van der Waals surface area (Å²) >= 11 is 1.75. The van der Waals surface area contributed by atoms with Crippen molar-refractivity contribution in [2.24, 2.45) is 0 Å². The van der Waals surface area contributed by atoms with Gasteiger partial charge in [-0.25, -0.2) is 9.59 Å². The second-order valence-electron chi connectivity index (χ2n) is 6.28. The number of hydrogen-bond acceptors (Lipinski definition) is 9. The summed E-state index contributed by atoms with van der Waals surface area (Å²) in [5, 5.41) is 25.0. The molecular formula is C15H18N4O9S2. The highest BCUT2D eigenvalue weighted by molar-refractivity contribution is 8.01. The van der Waals surface area contributed by atoms with Crippen LogP contribution in [0.15, 0.2) is 0 Å². The molecule has 6 N–H and O–H groups in total. The molecule has 30 heavy (non-hydrogen) atoms. The van der Waals surface area contributed by atoms with Gasteiger partial charge in [-0.1, -0.05) is 0 Å². The Labute approximate surface area is 177 Å². The van der Waals surface area contributed by atoms with E-state index in [0.29, 0.717) is 0 Å². The van der Waals surface area contributed by atoms with Gasteiger partial charge in [0.2, 0.25) is 29.5 Å². The van der Waals surface area contributed by atoms with Crippen LogP contribution in [0.25, 0.3) is 0 Å². The van der Waals surface area contributed by atoms with Gasteiger partial charge >= 0.3 is 12.1 Å². The minimum Gasteiger partial charge on any atom is -0.480 e. The van der Waals surface area contributed by atoms with Crippen molar-refractivity contribution in [1.29, 1.82) is 0 Å². The number of hydrogen-bond donors (Lipinski definition) is 6. The number of aliphatic carboxylic acids is 1. The van der Waals surface area contributed by atoms with Crippen LogP contribution in [0.5, 0.6) is 0 Å². The average Bonchev–Trinajstić information content (AvgIpc) is 3.13. The maximum absolute atomic E-state index is 12.4. The number of carboxylic acids is 1. The minimum atomic E-state index is -1.54. The van der Waals surface area contributed by atoms with E-state index in [-0.39, 0.29) is 24.3 Å². The molecule has 0 aromatic rings. The molecule has 2 aliphatic rings. The van der Waals surface area contributed by atoms with E-state index < -0.39 is 64.2 Å². The van der Waals surface area contributed by atoms with Gasteiger partial charge in [-0.15, -0.1) is 23.5 Å². The van der Waals surface area contributed by atoms with Gasteiger partial charge in [0, 0.05) is 24.3 Å². The zero-order chi connectivity index (χ0) is 22.4. The summed E-state index contributed by atoms with van der Waals surface area (Å²) < 4.78 is 0. The number of thioether (sulfide) groups is 2. The molecule has 2 fully saturated rings. The molecule has 0 aliphatic carbocycles. The average molecular weight is 462 g/mol. The lowest BCUT2D eigenvalue weighted by molar-refractivity contribution is -0.141. The summed E-state index contributed by atoms with van der Waals surface area (Å²) in [4.78, 5) is 80.4. The Morgan fingerprint density at radius 2 is 1.33 bits per heavy atom. The summed E-state index contributed by atoms with van der Waals surface area (Å²) in [6.45, 7) is 0. The van der Waals surface area contributed by atoms with Crippen molar-refractivity contribution >= 4 is 65.1 Å². The number of carbonyl (C=O) groups excluding carboxylic acids is 5. The summed E-state index contributed by atoms with van der Waals surface area (Å²) in [6, 6.07) is -2.84. The van der Waals surface area contributed by atoms with E-state index >= 15 is 0 Å². The van der Waals surface area contributed by atoms with Gasteiger partial charge in [0.1, 0.15) is 12.1 Å². The van der Waals surface area contributed by atoms with Crippen LogP contribution in [0, 0.1) is 0 Å². The number of nitrogens with one attached hydrogen (secondary N) is 4. The molecule has 0 aromatic heterocycles. The summed E-state index contributed by atoms with van der Waals surface area (Å²) in [6.07, 6.45) is -1.75. The first-order chi connectivity index (χ1) is 14.1. The van der Waals surface area contributed by atoms with E-state index in [2.05, 4.69) is 16.0 Å². The zero-order valence-electron chi connectivity index (χ0n) is 15.2.